The Morgan fingerprint density at radius 1 is 1.30 bits per heavy atom. The molecular weight excluding hydrogens is 250 g/mol. The minimum Gasteiger partial charge on any atom is -0.496 e. The smallest absolute Gasteiger partial charge is 0.123 e. The third-order valence-corrected chi connectivity index (χ3v) is 3.16. The number of para-hydroxylation sites is 1. The molecule has 2 rings (SSSR count). The number of nitrogens with zero attached hydrogens (tertiary/aromatic N) is 2. The summed E-state index contributed by atoms with van der Waals surface area (Å²) in [5, 5.41) is 7.96. The number of anilines is 1. The van der Waals surface area contributed by atoms with E-state index in [1.807, 2.05) is 29.8 Å². The van der Waals surface area contributed by atoms with Gasteiger partial charge in [0.05, 0.1) is 18.5 Å². The monoisotopic (exact) mass is 273 g/mol. The van der Waals surface area contributed by atoms with Crippen LogP contribution in [0.1, 0.15) is 25.1 Å². The molecule has 20 heavy (non-hydrogen) atoms. The summed E-state index contributed by atoms with van der Waals surface area (Å²) in [6.07, 6.45) is 2.07. The highest BCUT2D eigenvalue weighted by atomic mass is 16.5. The second-order valence-electron chi connectivity index (χ2n) is 5.41. The van der Waals surface area contributed by atoms with E-state index in [1.54, 1.807) is 7.11 Å². The van der Waals surface area contributed by atoms with Gasteiger partial charge in [-0.2, -0.15) is 5.10 Å². The van der Waals surface area contributed by atoms with Crippen molar-refractivity contribution in [2.24, 2.45) is 5.92 Å². The molecule has 0 atom stereocenters. The average molecular weight is 273 g/mol. The van der Waals surface area contributed by atoms with Crippen molar-refractivity contribution in [3.8, 4) is 5.75 Å². The quantitative estimate of drug-likeness (QED) is 0.876. The topological polar surface area (TPSA) is 39.1 Å². The van der Waals surface area contributed by atoms with Crippen LogP contribution in [-0.4, -0.2) is 16.9 Å². The highest BCUT2D eigenvalue weighted by molar-refractivity contribution is 5.47. The second kappa shape index (κ2) is 6.46. The first kappa shape index (κ1) is 14.4. The number of benzene rings is 1. The standard InChI is InChI=1S/C16H23N3O/c1-12(2)10-19-11-15(13(3)18-19)17-9-14-7-5-6-8-16(14)20-4/h5-8,11-12,17H,9-10H2,1-4H3. The molecule has 0 unspecified atom stereocenters. The molecule has 1 aromatic heterocycles. The van der Waals surface area contributed by atoms with Gasteiger partial charge in [-0.1, -0.05) is 32.0 Å². The first-order valence-electron chi connectivity index (χ1n) is 7.00. The van der Waals surface area contributed by atoms with Crippen LogP contribution >= 0.6 is 0 Å². The van der Waals surface area contributed by atoms with Crippen molar-refractivity contribution < 1.29 is 4.74 Å². The Morgan fingerprint density at radius 2 is 2.05 bits per heavy atom. The molecule has 2 aromatic rings. The van der Waals surface area contributed by atoms with Gasteiger partial charge in [0, 0.05) is 24.8 Å². The Morgan fingerprint density at radius 3 is 2.75 bits per heavy atom. The van der Waals surface area contributed by atoms with Crippen molar-refractivity contribution >= 4 is 5.69 Å². The molecule has 0 radical (unpaired) electrons. The Bertz CT molecular complexity index is 561. The lowest BCUT2D eigenvalue weighted by molar-refractivity contribution is 0.410. The van der Waals surface area contributed by atoms with Gasteiger partial charge < -0.3 is 10.1 Å². The second-order valence-corrected chi connectivity index (χ2v) is 5.41. The van der Waals surface area contributed by atoms with Crippen LogP contribution in [0.25, 0.3) is 0 Å². The number of methoxy groups -OCH3 is 1. The fourth-order valence-electron chi connectivity index (χ4n) is 2.20. The zero-order valence-electron chi connectivity index (χ0n) is 12.7. The molecule has 108 valence electrons. The number of hydrogen-bond donors (Lipinski definition) is 1. The number of nitrogens with one attached hydrogen (secondary N) is 1. The van der Waals surface area contributed by atoms with Crippen LogP contribution in [0.4, 0.5) is 5.69 Å². The molecule has 0 aliphatic heterocycles. The summed E-state index contributed by atoms with van der Waals surface area (Å²) in [5.74, 6) is 1.50. The zero-order chi connectivity index (χ0) is 14.5. The number of rotatable bonds is 6. The normalized spacial score (nSPS) is 10.8. The fourth-order valence-corrected chi connectivity index (χ4v) is 2.20. The van der Waals surface area contributed by atoms with Crippen LogP contribution in [0.3, 0.4) is 0 Å². The van der Waals surface area contributed by atoms with E-state index in [0.29, 0.717) is 5.92 Å². The first-order chi connectivity index (χ1) is 9.60. The summed E-state index contributed by atoms with van der Waals surface area (Å²) in [6.45, 7) is 8.09. The molecule has 0 aliphatic carbocycles. The van der Waals surface area contributed by atoms with E-state index in [0.717, 1.165) is 35.8 Å². The van der Waals surface area contributed by atoms with Gasteiger partial charge in [0.1, 0.15) is 5.75 Å². The summed E-state index contributed by atoms with van der Waals surface area (Å²) in [7, 11) is 1.70. The maximum atomic E-state index is 5.36. The van der Waals surface area contributed by atoms with Crippen LogP contribution in [-0.2, 0) is 13.1 Å². The molecular formula is C16H23N3O. The van der Waals surface area contributed by atoms with Gasteiger partial charge in [-0.05, 0) is 18.9 Å². The van der Waals surface area contributed by atoms with Crippen molar-refractivity contribution in [3.63, 3.8) is 0 Å². The molecule has 0 saturated heterocycles. The third-order valence-electron chi connectivity index (χ3n) is 3.16. The van der Waals surface area contributed by atoms with Gasteiger partial charge in [-0.15, -0.1) is 0 Å². The molecule has 0 amide bonds. The molecule has 4 nitrogen and oxygen atoms in total. The molecule has 0 saturated carbocycles. The van der Waals surface area contributed by atoms with E-state index in [9.17, 15) is 0 Å². The maximum absolute atomic E-state index is 5.36. The fraction of sp³-hybridized carbons (Fsp3) is 0.438. The number of aryl methyl sites for hydroxylation is 1. The predicted molar refractivity (Wildman–Crippen MR) is 82.1 cm³/mol. The number of ether oxygens (including phenoxy) is 1. The third kappa shape index (κ3) is 3.53. The highest BCUT2D eigenvalue weighted by Crippen LogP contribution is 2.20. The SMILES string of the molecule is COc1ccccc1CNc1cn(CC(C)C)nc1C. The molecule has 0 aliphatic rings. The maximum Gasteiger partial charge on any atom is 0.123 e. The Kier molecular flexibility index (Phi) is 4.66. The minimum absolute atomic E-state index is 0.594. The highest BCUT2D eigenvalue weighted by Gasteiger charge is 2.07. The summed E-state index contributed by atoms with van der Waals surface area (Å²) in [4.78, 5) is 0. The van der Waals surface area contributed by atoms with Gasteiger partial charge in [0.15, 0.2) is 0 Å². The van der Waals surface area contributed by atoms with Crippen molar-refractivity contribution in [1.29, 1.82) is 0 Å². The van der Waals surface area contributed by atoms with Crippen molar-refractivity contribution in [2.75, 3.05) is 12.4 Å². The molecule has 1 aromatic carbocycles. The van der Waals surface area contributed by atoms with Crippen LogP contribution in [0.5, 0.6) is 5.75 Å². The molecule has 0 spiro atoms. The van der Waals surface area contributed by atoms with Crippen molar-refractivity contribution in [2.45, 2.75) is 33.9 Å². The molecule has 0 bridgehead atoms. The summed E-state index contributed by atoms with van der Waals surface area (Å²) in [6, 6.07) is 8.05. The lowest BCUT2D eigenvalue weighted by Gasteiger charge is -2.09. The van der Waals surface area contributed by atoms with Crippen LogP contribution in [0.2, 0.25) is 0 Å². The van der Waals surface area contributed by atoms with Gasteiger partial charge in [0.25, 0.3) is 0 Å². The summed E-state index contributed by atoms with van der Waals surface area (Å²) < 4.78 is 7.37. The zero-order valence-corrected chi connectivity index (χ0v) is 12.7. The average Bonchev–Trinajstić information content (AvgIpc) is 2.76. The van der Waals surface area contributed by atoms with E-state index in [2.05, 4.69) is 36.5 Å². The molecule has 4 heteroatoms. The van der Waals surface area contributed by atoms with E-state index >= 15 is 0 Å². The Labute approximate surface area is 120 Å². The minimum atomic E-state index is 0.594. The Hall–Kier alpha value is -1.97. The van der Waals surface area contributed by atoms with E-state index < -0.39 is 0 Å². The molecule has 0 fully saturated rings. The Balaban J connectivity index is 2.05. The lowest BCUT2D eigenvalue weighted by Crippen LogP contribution is -2.04. The largest absolute Gasteiger partial charge is 0.496 e. The van der Waals surface area contributed by atoms with Crippen molar-refractivity contribution in [3.05, 3.63) is 41.7 Å². The molecule has 1 heterocycles. The predicted octanol–water partition coefficient (Wildman–Crippen LogP) is 3.47. The summed E-state index contributed by atoms with van der Waals surface area (Å²) >= 11 is 0. The van der Waals surface area contributed by atoms with Gasteiger partial charge >= 0.3 is 0 Å². The lowest BCUT2D eigenvalue weighted by atomic mass is 10.2. The van der Waals surface area contributed by atoms with Gasteiger partial charge in [-0.25, -0.2) is 0 Å². The van der Waals surface area contributed by atoms with Crippen molar-refractivity contribution in [1.82, 2.24) is 9.78 Å². The van der Waals surface area contributed by atoms with Crippen LogP contribution < -0.4 is 10.1 Å². The van der Waals surface area contributed by atoms with Crippen LogP contribution in [0, 0.1) is 12.8 Å². The van der Waals surface area contributed by atoms with E-state index in [4.69, 9.17) is 4.74 Å². The molecule has 1 N–H and O–H groups in total. The first-order valence-corrected chi connectivity index (χ1v) is 7.00. The van der Waals surface area contributed by atoms with E-state index in [1.165, 1.54) is 0 Å². The van der Waals surface area contributed by atoms with Crippen LogP contribution in [0.15, 0.2) is 30.5 Å². The summed E-state index contributed by atoms with van der Waals surface area (Å²) in [5.41, 5.74) is 3.25. The number of hydrogen-bond acceptors (Lipinski definition) is 3. The number of aromatic nitrogens is 2. The van der Waals surface area contributed by atoms with E-state index in [-0.39, 0.29) is 0 Å². The van der Waals surface area contributed by atoms with Gasteiger partial charge in [-0.3, -0.25) is 4.68 Å². The van der Waals surface area contributed by atoms with Gasteiger partial charge in [0.2, 0.25) is 0 Å².